The summed E-state index contributed by atoms with van der Waals surface area (Å²) in [6.45, 7) is 3.00. The minimum Gasteiger partial charge on any atom is -0.289 e. The van der Waals surface area contributed by atoms with Crippen molar-refractivity contribution in [3.05, 3.63) is 70.0 Å². The van der Waals surface area contributed by atoms with Gasteiger partial charge in [-0.15, -0.1) is 0 Å². The number of alkyl halides is 3. The lowest BCUT2D eigenvalue weighted by Crippen LogP contribution is -2.15. The van der Waals surface area contributed by atoms with Gasteiger partial charge in [-0.2, -0.15) is 13.2 Å². The first-order valence-corrected chi connectivity index (χ1v) is 6.19. The van der Waals surface area contributed by atoms with Crippen LogP contribution in [0.25, 0.3) is 0 Å². The van der Waals surface area contributed by atoms with E-state index in [-0.39, 0.29) is 5.56 Å². The average molecular weight is 296 g/mol. The Kier molecular flexibility index (Phi) is 3.85. The third-order valence-corrected chi connectivity index (χ3v) is 3.20. The van der Waals surface area contributed by atoms with Crippen molar-refractivity contribution in [3.63, 3.8) is 0 Å². The summed E-state index contributed by atoms with van der Waals surface area (Å²) in [6, 6.07) is 6.86. The van der Waals surface area contributed by atoms with E-state index in [4.69, 9.17) is 0 Å². The maximum absolute atomic E-state index is 13.3. The number of hydrogen-bond donors (Lipinski definition) is 0. The third kappa shape index (κ3) is 2.96. The smallest absolute Gasteiger partial charge is 0.289 e. The van der Waals surface area contributed by atoms with Crippen molar-refractivity contribution < 1.29 is 22.4 Å². The molecule has 0 aliphatic carbocycles. The molecule has 0 N–H and O–H groups in total. The van der Waals surface area contributed by atoms with Gasteiger partial charge in [-0.3, -0.25) is 4.79 Å². The molecular formula is C16H12F4O. The van der Waals surface area contributed by atoms with E-state index in [1.54, 1.807) is 0 Å². The van der Waals surface area contributed by atoms with Crippen LogP contribution in [-0.2, 0) is 6.18 Å². The van der Waals surface area contributed by atoms with Crippen LogP contribution >= 0.6 is 0 Å². The summed E-state index contributed by atoms with van der Waals surface area (Å²) < 4.78 is 52.2. The number of carbonyl (C=O) groups excluding carboxylic acids is 1. The zero-order valence-electron chi connectivity index (χ0n) is 11.4. The lowest BCUT2D eigenvalue weighted by molar-refractivity contribution is -0.137. The first kappa shape index (κ1) is 15.2. The monoisotopic (exact) mass is 296 g/mol. The predicted molar refractivity (Wildman–Crippen MR) is 70.8 cm³/mol. The van der Waals surface area contributed by atoms with Crippen LogP contribution < -0.4 is 0 Å². The van der Waals surface area contributed by atoms with Gasteiger partial charge in [0.2, 0.25) is 0 Å². The molecule has 0 spiro atoms. The summed E-state index contributed by atoms with van der Waals surface area (Å²) in [5.41, 5.74) is -0.682. The molecule has 110 valence electrons. The summed E-state index contributed by atoms with van der Waals surface area (Å²) >= 11 is 0. The molecule has 0 fully saturated rings. The molecule has 0 bridgehead atoms. The Morgan fingerprint density at radius 1 is 1.00 bits per heavy atom. The van der Waals surface area contributed by atoms with Gasteiger partial charge in [0, 0.05) is 11.1 Å². The molecule has 0 aromatic heterocycles. The molecule has 1 nitrogen and oxygen atoms in total. The predicted octanol–water partition coefficient (Wildman–Crippen LogP) is 4.69. The molecule has 2 aromatic rings. The standard InChI is InChI=1S/C16H12F4O/c1-9-7-11(17)8-10(2)14(9)15(21)12-5-3-4-6-13(12)16(18,19)20/h3-8H,1-2H3. The van der Waals surface area contributed by atoms with E-state index in [1.165, 1.54) is 26.0 Å². The molecule has 21 heavy (non-hydrogen) atoms. The van der Waals surface area contributed by atoms with Gasteiger partial charge in [0.1, 0.15) is 5.82 Å². The van der Waals surface area contributed by atoms with Crippen molar-refractivity contribution in [2.75, 3.05) is 0 Å². The van der Waals surface area contributed by atoms with Gasteiger partial charge in [0.15, 0.2) is 5.78 Å². The summed E-state index contributed by atoms with van der Waals surface area (Å²) in [6.07, 6.45) is -4.62. The Hall–Kier alpha value is -2.17. The van der Waals surface area contributed by atoms with Gasteiger partial charge in [0.05, 0.1) is 5.56 Å². The van der Waals surface area contributed by atoms with Crippen LogP contribution in [0.5, 0.6) is 0 Å². The lowest BCUT2D eigenvalue weighted by atomic mass is 9.92. The highest BCUT2D eigenvalue weighted by molar-refractivity contribution is 6.11. The van der Waals surface area contributed by atoms with Gasteiger partial charge >= 0.3 is 6.18 Å². The molecule has 0 radical (unpaired) electrons. The highest BCUT2D eigenvalue weighted by Crippen LogP contribution is 2.33. The fourth-order valence-corrected chi connectivity index (χ4v) is 2.33. The van der Waals surface area contributed by atoms with E-state index in [0.717, 1.165) is 24.3 Å². The van der Waals surface area contributed by atoms with Crippen LogP contribution in [0.3, 0.4) is 0 Å². The minimum atomic E-state index is -4.62. The Morgan fingerprint density at radius 3 is 2.05 bits per heavy atom. The Labute approximate surface area is 119 Å². The van der Waals surface area contributed by atoms with Crippen LogP contribution in [0.2, 0.25) is 0 Å². The van der Waals surface area contributed by atoms with Gasteiger partial charge < -0.3 is 0 Å². The fraction of sp³-hybridized carbons (Fsp3) is 0.188. The summed E-state index contributed by atoms with van der Waals surface area (Å²) in [5.74, 6) is -1.27. The topological polar surface area (TPSA) is 17.1 Å². The summed E-state index contributed by atoms with van der Waals surface area (Å²) in [7, 11) is 0. The summed E-state index contributed by atoms with van der Waals surface area (Å²) in [5, 5.41) is 0. The first-order valence-electron chi connectivity index (χ1n) is 6.19. The van der Waals surface area contributed by atoms with E-state index < -0.39 is 28.9 Å². The SMILES string of the molecule is Cc1cc(F)cc(C)c1C(=O)c1ccccc1C(F)(F)F. The molecule has 2 rings (SSSR count). The second kappa shape index (κ2) is 5.31. The van der Waals surface area contributed by atoms with Crippen molar-refractivity contribution in [2.45, 2.75) is 20.0 Å². The lowest BCUT2D eigenvalue weighted by Gasteiger charge is -2.14. The molecule has 0 aliphatic rings. The van der Waals surface area contributed by atoms with Crippen molar-refractivity contribution >= 4 is 5.78 Å². The van der Waals surface area contributed by atoms with Crippen molar-refractivity contribution in [1.29, 1.82) is 0 Å². The number of carbonyl (C=O) groups is 1. The molecule has 0 aliphatic heterocycles. The number of hydrogen-bond acceptors (Lipinski definition) is 1. The van der Waals surface area contributed by atoms with Crippen molar-refractivity contribution in [3.8, 4) is 0 Å². The number of benzene rings is 2. The Balaban J connectivity index is 2.62. The van der Waals surface area contributed by atoms with E-state index in [9.17, 15) is 22.4 Å². The number of rotatable bonds is 2. The average Bonchev–Trinajstić information content (AvgIpc) is 2.36. The van der Waals surface area contributed by atoms with Gasteiger partial charge in [-0.05, 0) is 43.2 Å². The van der Waals surface area contributed by atoms with Crippen LogP contribution in [0, 0.1) is 19.7 Å². The summed E-state index contributed by atoms with van der Waals surface area (Å²) in [4.78, 5) is 12.4. The highest BCUT2D eigenvalue weighted by Gasteiger charge is 2.35. The molecule has 0 saturated carbocycles. The highest BCUT2D eigenvalue weighted by atomic mass is 19.4. The molecule has 0 unspecified atom stereocenters. The maximum Gasteiger partial charge on any atom is 0.417 e. The van der Waals surface area contributed by atoms with E-state index in [0.29, 0.717) is 11.1 Å². The zero-order chi connectivity index (χ0) is 15.8. The normalized spacial score (nSPS) is 11.5. The number of halogens is 4. The molecule has 5 heteroatoms. The van der Waals surface area contributed by atoms with Crippen LogP contribution in [0.4, 0.5) is 17.6 Å². The van der Waals surface area contributed by atoms with Crippen LogP contribution in [0.15, 0.2) is 36.4 Å². The van der Waals surface area contributed by atoms with Gasteiger partial charge in [0.25, 0.3) is 0 Å². The first-order chi connectivity index (χ1) is 9.71. The zero-order valence-corrected chi connectivity index (χ0v) is 11.4. The maximum atomic E-state index is 13.3. The number of ketones is 1. The Morgan fingerprint density at radius 2 is 1.52 bits per heavy atom. The second-order valence-corrected chi connectivity index (χ2v) is 4.79. The van der Waals surface area contributed by atoms with E-state index in [2.05, 4.69) is 0 Å². The van der Waals surface area contributed by atoms with Crippen LogP contribution in [0.1, 0.15) is 32.6 Å². The molecule has 0 heterocycles. The Bertz CT molecular complexity index is 679. The molecule has 2 aromatic carbocycles. The van der Waals surface area contributed by atoms with Gasteiger partial charge in [-0.25, -0.2) is 4.39 Å². The van der Waals surface area contributed by atoms with Crippen molar-refractivity contribution in [2.24, 2.45) is 0 Å². The third-order valence-electron chi connectivity index (χ3n) is 3.20. The fourth-order valence-electron chi connectivity index (χ4n) is 2.33. The molecule has 0 amide bonds. The van der Waals surface area contributed by atoms with E-state index >= 15 is 0 Å². The number of aryl methyl sites for hydroxylation is 2. The largest absolute Gasteiger partial charge is 0.417 e. The quantitative estimate of drug-likeness (QED) is 0.580. The van der Waals surface area contributed by atoms with Crippen LogP contribution in [-0.4, -0.2) is 5.78 Å². The molecule has 0 saturated heterocycles. The molecule has 0 atom stereocenters. The van der Waals surface area contributed by atoms with Crippen molar-refractivity contribution in [1.82, 2.24) is 0 Å². The minimum absolute atomic E-state index is 0.105. The van der Waals surface area contributed by atoms with Gasteiger partial charge in [-0.1, -0.05) is 18.2 Å². The molecular weight excluding hydrogens is 284 g/mol. The van der Waals surface area contributed by atoms with E-state index in [1.807, 2.05) is 0 Å². The second-order valence-electron chi connectivity index (χ2n) is 4.79.